The summed E-state index contributed by atoms with van der Waals surface area (Å²) in [6, 6.07) is 9.74. The Balaban J connectivity index is 2.94. The number of benzene rings is 1. The minimum absolute atomic E-state index is 0.461. The van der Waals surface area contributed by atoms with Crippen LogP contribution in [0.3, 0.4) is 0 Å². The van der Waals surface area contributed by atoms with Crippen LogP contribution in [-0.2, 0) is 0 Å². The van der Waals surface area contributed by atoms with Gasteiger partial charge in [-0.1, -0.05) is 19.1 Å². The maximum atomic E-state index is 8.51. The summed E-state index contributed by atoms with van der Waals surface area (Å²) < 4.78 is 0. The summed E-state index contributed by atoms with van der Waals surface area (Å²) in [6.45, 7) is 2.10. The van der Waals surface area contributed by atoms with Crippen LogP contribution in [0.5, 0.6) is 0 Å². The Morgan fingerprint density at radius 2 is 1.91 bits per heavy atom. The first-order chi connectivity index (χ1) is 5.24. The van der Waals surface area contributed by atoms with Crippen molar-refractivity contribution in [1.82, 2.24) is 0 Å². The fourth-order valence-electron chi connectivity index (χ4n) is 0.861. The first-order valence-corrected chi connectivity index (χ1v) is 4.16. The van der Waals surface area contributed by atoms with Gasteiger partial charge < -0.3 is 0 Å². The molecule has 1 aromatic carbocycles. The topological polar surface area (TPSA) is 23.8 Å². The van der Waals surface area contributed by atoms with Crippen molar-refractivity contribution in [2.24, 2.45) is 0 Å². The Kier molecular flexibility index (Phi) is 2.63. The molecule has 0 aliphatic rings. The normalized spacial score (nSPS) is 12.1. The van der Waals surface area contributed by atoms with E-state index in [2.05, 4.69) is 22.2 Å². The summed E-state index contributed by atoms with van der Waals surface area (Å²) in [5.74, 6) is 0. The molecule has 0 fully saturated rings. The van der Waals surface area contributed by atoms with Crippen molar-refractivity contribution in [3.05, 3.63) is 35.4 Å². The van der Waals surface area contributed by atoms with Gasteiger partial charge in [-0.2, -0.15) is 5.26 Å². The molecule has 11 heavy (non-hydrogen) atoms. The fourth-order valence-corrected chi connectivity index (χ4v) is 1.08. The smallest absolute Gasteiger partial charge is 0.0991 e. The Hall–Kier alpha value is -0.860. The van der Waals surface area contributed by atoms with Crippen LogP contribution in [0.25, 0.3) is 0 Å². The summed E-state index contributed by atoms with van der Waals surface area (Å²) in [7, 11) is 2.72. The van der Waals surface area contributed by atoms with Crippen molar-refractivity contribution in [3.8, 4) is 6.07 Å². The second-order valence-corrected chi connectivity index (χ2v) is 3.52. The maximum absolute atomic E-state index is 8.51. The molecule has 0 aromatic heterocycles. The van der Waals surface area contributed by atoms with E-state index < -0.39 is 0 Å². The lowest BCUT2D eigenvalue weighted by molar-refractivity contribution is 1.10. The first kappa shape index (κ1) is 8.24. The van der Waals surface area contributed by atoms with Gasteiger partial charge in [-0.25, -0.2) is 0 Å². The summed E-state index contributed by atoms with van der Waals surface area (Å²) >= 11 is 0. The number of nitriles is 1. The predicted molar refractivity (Wildman–Crippen MR) is 49.3 cm³/mol. The molecule has 0 radical (unpaired) electrons. The van der Waals surface area contributed by atoms with E-state index in [9.17, 15) is 0 Å². The molecule has 0 bridgehead atoms. The molecule has 0 saturated carbocycles. The average Bonchev–Trinajstić information content (AvgIpc) is 2.05. The van der Waals surface area contributed by atoms with E-state index >= 15 is 0 Å². The summed E-state index contributed by atoms with van der Waals surface area (Å²) in [5.41, 5.74) is 2.43. The highest BCUT2D eigenvalue weighted by Crippen LogP contribution is 2.21. The second-order valence-electron chi connectivity index (χ2n) is 2.52. The number of hydrogen-bond donors (Lipinski definition) is 0. The molecule has 56 valence electrons. The first-order valence-electron chi connectivity index (χ1n) is 3.49. The van der Waals surface area contributed by atoms with E-state index in [1.165, 1.54) is 5.56 Å². The molecule has 0 spiro atoms. The minimum Gasteiger partial charge on any atom is -0.192 e. The molecule has 0 saturated heterocycles. The Morgan fingerprint density at radius 1 is 1.36 bits per heavy atom. The van der Waals surface area contributed by atoms with Crippen molar-refractivity contribution in [2.45, 2.75) is 12.6 Å². The molecule has 0 aliphatic heterocycles. The zero-order valence-corrected chi connectivity index (χ0v) is 7.57. The molecule has 0 N–H and O–H groups in total. The van der Waals surface area contributed by atoms with Gasteiger partial charge in [0.05, 0.1) is 11.6 Å². The average molecular weight is 163 g/mol. The van der Waals surface area contributed by atoms with Crippen molar-refractivity contribution in [2.75, 3.05) is 0 Å². The van der Waals surface area contributed by atoms with Gasteiger partial charge in [0.15, 0.2) is 0 Å². The number of hydrogen-bond acceptors (Lipinski definition) is 1. The molecule has 2 atom stereocenters. The lowest BCUT2D eigenvalue weighted by atomic mass is 10.1. The van der Waals surface area contributed by atoms with Gasteiger partial charge in [0.1, 0.15) is 0 Å². The predicted octanol–water partition coefficient (Wildman–Crippen LogP) is 2.49. The Bertz CT molecular complexity index is 269. The van der Waals surface area contributed by atoms with E-state index in [4.69, 9.17) is 5.26 Å². The maximum Gasteiger partial charge on any atom is 0.0991 e. The minimum atomic E-state index is 0.461. The van der Waals surface area contributed by atoms with Crippen LogP contribution in [0, 0.1) is 11.3 Å². The fraction of sp³-hybridized carbons (Fsp3) is 0.222. The summed E-state index contributed by atoms with van der Waals surface area (Å²) in [6.07, 6.45) is 0. The van der Waals surface area contributed by atoms with Gasteiger partial charge in [-0.3, -0.25) is 0 Å². The largest absolute Gasteiger partial charge is 0.192 e. The van der Waals surface area contributed by atoms with Crippen molar-refractivity contribution < 1.29 is 0 Å². The van der Waals surface area contributed by atoms with E-state index in [1.807, 2.05) is 24.3 Å². The molecule has 0 amide bonds. The lowest BCUT2D eigenvalue weighted by Crippen LogP contribution is -1.82. The number of nitrogens with zero attached hydrogens (tertiary/aromatic N) is 1. The van der Waals surface area contributed by atoms with Crippen LogP contribution in [0.1, 0.15) is 23.7 Å². The third kappa shape index (κ3) is 2.03. The lowest BCUT2D eigenvalue weighted by Gasteiger charge is -2.02. The third-order valence-electron chi connectivity index (χ3n) is 1.57. The molecule has 1 aromatic rings. The highest BCUT2D eigenvalue weighted by atomic mass is 31.0. The van der Waals surface area contributed by atoms with E-state index in [0.717, 1.165) is 5.56 Å². The summed E-state index contributed by atoms with van der Waals surface area (Å²) in [5, 5.41) is 8.51. The SMILES string of the molecule is CC(P)c1ccc(C#N)cc1. The van der Waals surface area contributed by atoms with Gasteiger partial charge in [-0.05, 0) is 23.4 Å². The van der Waals surface area contributed by atoms with Gasteiger partial charge in [-0.15, -0.1) is 9.24 Å². The molecule has 2 heteroatoms. The zero-order valence-electron chi connectivity index (χ0n) is 6.41. The van der Waals surface area contributed by atoms with Gasteiger partial charge >= 0.3 is 0 Å². The van der Waals surface area contributed by atoms with Crippen molar-refractivity contribution >= 4 is 9.24 Å². The van der Waals surface area contributed by atoms with Crippen LogP contribution < -0.4 is 0 Å². The molecule has 0 heterocycles. The van der Waals surface area contributed by atoms with Crippen LogP contribution in [-0.4, -0.2) is 0 Å². The molecular formula is C9H10NP. The van der Waals surface area contributed by atoms with E-state index in [-0.39, 0.29) is 0 Å². The zero-order chi connectivity index (χ0) is 8.27. The van der Waals surface area contributed by atoms with Crippen LogP contribution in [0.2, 0.25) is 0 Å². The second kappa shape index (κ2) is 3.51. The van der Waals surface area contributed by atoms with Gasteiger partial charge in [0, 0.05) is 0 Å². The highest BCUT2D eigenvalue weighted by Gasteiger charge is 1.97. The Morgan fingerprint density at radius 3 is 2.27 bits per heavy atom. The van der Waals surface area contributed by atoms with E-state index in [1.54, 1.807) is 0 Å². The third-order valence-corrected chi connectivity index (χ3v) is 1.95. The van der Waals surface area contributed by atoms with Crippen molar-refractivity contribution in [1.29, 1.82) is 5.26 Å². The van der Waals surface area contributed by atoms with Crippen LogP contribution >= 0.6 is 9.24 Å². The van der Waals surface area contributed by atoms with Crippen molar-refractivity contribution in [3.63, 3.8) is 0 Å². The monoisotopic (exact) mass is 163 g/mol. The molecule has 0 aliphatic carbocycles. The van der Waals surface area contributed by atoms with Gasteiger partial charge in [0.25, 0.3) is 0 Å². The Labute approximate surface area is 69.2 Å². The van der Waals surface area contributed by atoms with Crippen LogP contribution in [0.15, 0.2) is 24.3 Å². The standard InChI is InChI=1S/C9H10NP/c1-7(11)9-4-2-8(6-10)3-5-9/h2-5,7H,11H2,1H3. The molecule has 2 unspecified atom stereocenters. The van der Waals surface area contributed by atoms with E-state index in [0.29, 0.717) is 5.66 Å². The molecule has 1 nitrogen and oxygen atoms in total. The summed E-state index contributed by atoms with van der Waals surface area (Å²) in [4.78, 5) is 0. The molecular weight excluding hydrogens is 153 g/mol. The highest BCUT2D eigenvalue weighted by molar-refractivity contribution is 7.17. The van der Waals surface area contributed by atoms with Gasteiger partial charge in [0.2, 0.25) is 0 Å². The van der Waals surface area contributed by atoms with Crippen LogP contribution in [0.4, 0.5) is 0 Å². The number of rotatable bonds is 1. The molecule has 1 rings (SSSR count). The quantitative estimate of drug-likeness (QED) is 0.583.